The highest BCUT2D eigenvalue weighted by Crippen LogP contribution is 2.25. The van der Waals surface area contributed by atoms with Crippen LogP contribution in [0.3, 0.4) is 0 Å². The Morgan fingerprint density at radius 2 is 2.12 bits per heavy atom. The Morgan fingerprint density at radius 3 is 2.65 bits per heavy atom. The van der Waals surface area contributed by atoms with Crippen molar-refractivity contribution in [2.24, 2.45) is 5.92 Å². The van der Waals surface area contributed by atoms with Gasteiger partial charge in [0.2, 0.25) is 0 Å². The molecule has 0 aliphatic rings. The molecule has 2 unspecified atom stereocenters. The molecule has 1 rings (SSSR count). The zero-order valence-corrected chi connectivity index (χ0v) is 11.0. The third-order valence-electron chi connectivity index (χ3n) is 3.09. The minimum absolute atomic E-state index is 0.143. The first-order chi connectivity index (χ1) is 7.95. The van der Waals surface area contributed by atoms with Gasteiger partial charge in [-0.05, 0) is 38.4 Å². The first-order valence-corrected chi connectivity index (χ1v) is 5.93. The summed E-state index contributed by atoms with van der Waals surface area (Å²) in [5.74, 6) is 0.303. The summed E-state index contributed by atoms with van der Waals surface area (Å²) in [6.07, 6.45) is 0.638. The second-order valence-electron chi connectivity index (χ2n) is 4.29. The lowest BCUT2D eigenvalue weighted by atomic mass is 9.94. The van der Waals surface area contributed by atoms with E-state index in [0.717, 1.165) is 0 Å². The Labute approximate surface area is 106 Å². The maximum Gasteiger partial charge on any atom is 0.272 e. The fourth-order valence-corrected chi connectivity index (χ4v) is 1.90. The van der Waals surface area contributed by atoms with Crippen LogP contribution in [-0.2, 0) is 6.42 Å². The maximum absolute atomic E-state index is 10.9. The van der Waals surface area contributed by atoms with E-state index in [1.54, 1.807) is 12.1 Å². The summed E-state index contributed by atoms with van der Waals surface area (Å²) < 4.78 is 0. The second kappa shape index (κ2) is 5.98. The fourth-order valence-electron chi connectivity index (χ4n) is 1.70. The number of nitro groups is 1. The van der Waals surface area contributed by atoms with Crippen molar-refractivity contribution in [3.05, 3.63) is 38.9 Å². The molecule has 1 N–H and O–H groups in total. The first-order valence-electron chi connectivity index (χ1n) is 5.55. The Balaban J connectivity index is 2.96. The van der Waals surface area contributed by atoms with Gasteiger partial charge in [-0.1, -0.05) is 18.5 Å². The molecule has 0 amide bonds. The standard InChI is InChI=1S/C12H17ClN2O2/c1-8(9(2)14-3)6-10-7-11(13)4-5-12(10)15(16)17/h4-5,7-9,14H,6H2,1-3H3. The highest BCUT2D eigenvalue weighted by atomic mass is 35.5. The van der Waals surface area contributed by atoms with Gasteiger partial charge in [0.05, 0.1) is 4.92 Å². The van der Waals surface area contributed by atoms with Gasteiger partial charge in [-0.25, -0.2) is 0 Å². The lowest BCUT2D eigenvalue weighted by Crippen LogP contribution is -2.30. The summed E-state index contributed by atoms with van der Waals surface area (Å²) in [5, 5.41) is 14.6. The van der Waals surface area contributed by atoms with Crippen LogP contribution in [0.4, 0.5) is 5.69 Å². The van der Waals surface area contributed by atoms with Gasteiger partial charge in [-0.15, -0.1) is 0 Å². The largest absolute Gasteiger partial charge is 0.317 e. The quantitative estimate of drug-likeness (QED) is 0.651. The van der Waals surface area contributed by atoms with E-state index < -0.39 is 0 Å². The van der Waals surface area contributed by atoms with Crippen LogP contribution in [0.2, 0.25) is 5.02 Å². The normalized spacial score (nSPS) is 14.4. The van der Waals surface area contributed by atoms with Gasteiger partial charge in [0.1, 0.15) is 0 Å². The molecule has 0 radical (unpaired) electrons. The van der Waals surface area contributed by atoms with Gasteiger partial charge >= 0.3 is 0 Å². The highest BCUT2D eigenvalue weighted by Gasteiger charge is 2.18. The second-order valence-corrected chi connectivity index (χ2v) is 4.73. The number of benzene rings is 1. The monoisotopic (exact) mass is 256 g/mol. The van der Waals surface area contributed by atoms with Gasteiger partial charge in [0.25, 0.3) is 5.69 Å². The Morgan fingerprint density at radius 1 is 1.47 bits per heavy atom. The lowest BCUT2D eigenvalue weighted by Gasteiger charge is -2.19. The molecule has 1 aromatic carbocycles. The van der Waals surface area contributed by atoms with E-state index in [-0.39, 0.29) is 10.6 Å². The van der Waals surface area contributed by atoms with E-state index in [0.29, 0.717) is 29.0 Å². The van der Waals surface area contributed by atoms with Crippen molar-refractivity contribution in [2.75, 3.05) is 7.05 Å². The third-order valence-corrected chi connectivity index (χ3v) is 3.32. The molecule has 94 valence electrons. The van der Waals surface area contributed by atoms with Crippen LogP contribution in [0, 0.1) is 16.0 Å². The molecular formula is C12H17ClN2O2. The van der Waals surface area contributed by atoms with Crippen molar-refractivity contribution in [3.63, 3.8) is 0 Å². The van der Waals surface area contributed by atoms with Gasteiger partial charge in [0.15, 0.2) is 0 Å². The third kappa shape index (κ3) is 3.68. The number of halogens is 1. The predicted molar refractivity (Wildman–Crippen MR) is 69.5 cm³/mol. The molecule has 0 bridgehead atoms. The Hall–Kier alpha value is -1.13. The average Bonchev–Trinajstić information content (AvgIpc) is 2.27. The first kappa shape index (κ1) is 13.9. The molecule has 0 heterocycles. The summed E-state index contributed by atoms with van der Waals surface area (Å²) in [6, 6.07) is 5.00. The van der Waals surface area contributed by atoms with Gasteiger partial charge in [-0.3, -0.25) is 10.1 Å². The number of hydrogen-bond acceptors (Lipinski definition) is 3. The van der Waals surface area contributed by atoms with Crippen LogP contribution in [0.1, 0.15) is 19.4 Å². The molecule has 5 heteroatoms. The van der Waals surface area contributed by atoms with Crippen molar-refractivity contribution in [2.45, 2.75) is 26.3 Å². The van der Waals surface area contributed by atoms with E-state index in [4.69, 9.17) is 11.6 Å². The molecule has 0 saturated carbocycles. The molecular weight excluding hydrogens is 240 g/mol. The summed E-state index contributed by atoms with van der Waals surface area (Å²) in [6.45, 7) is 4.12. The number of hydrogen-bond donors (Lipinski definition) is 1. The molecule has 0 aliphatic heterocycles. The van der Waals surface area contributed by atoms with Crippen molar-refractivity contribution < 1.29 is 4.92 Å². The SMILES string of the molecule is CNC(C)C(C)Cc1cc(Cl)ccc1[N+](=O)[O-]. The molecule has 0 aromatic heterocycles. The molecule has 0 fully saturated rings. The van der Waals surface area contributed by atoms with Crippen molar-refractivity contribution >= 4 is 17.3 Å². The van der Waals surface area contributed by atoms with Crippen molar-refractivity contribution in [3.8, 4) is 0 Å². The van der Waals surface area contributed by atoms with Crippen LogP contribution < -0.4 is 5.32 Å². The molecule has 2 atom stereocenters. The fraction of sp³-hybridized carbons (Fsp3) is 0.500. The number of nitrogens with zero attached hydrogens (tertiary/aromatic N) is 1. The van der Waals surface area contributed by atoms with Crippen LogP contribution in [0.25, 0.3) is 0 Å². The van der Waals surface area contributed by atoms with Crippen LogP contribution in [-0.4, -0.2) is 18.0 Å². The van der Waals surface area contributed by atoms with Gasteiger partial charge < -0.3 is 5.32 Å². The molecule has 0 spiro atoms. The number of rotatable bonds is 5. The number of nitro benzene ring substituents is 1. The summed E-state index contributed by atoms with van der Waals surface area (Å²) in [7, 11) is 1.88. The van der Waals surface area contributed by atoms with E-state index in [2.05, 4.69) is 19.2 Å². The minimum Gasteiger partial charge on any atom is -0.317 e. The molecule has 17 heavy (non-hydrogen) atoms. The Bertz CT molecular complexity index is 409. The van der Waals surface area contributed by atoms with Gasteiger partial charge in [0, 0.05) is 22.7 Å². The van der Waals surface area contributed by atoms with Crippen LogP contribution >= 0.6 is 11.6 Å². The minimum atomic E-state index is -0.359. The predicted octanol–water partition coefficient (Wildman–Crippen LogP) is 3.03. The molecule has 0 aliphatic carbocycles. The zero-order chi connectivity index (χ0) is 13.0. The van der Waals surface area contributed by atoms with Crippen LogP contribution in [0.15, 0.2) is 18.2 Å². The van der Waals surface area contributed by atoms with Crippen molar-refractivity contribution in [1.29, 1.82) is 0 Å². The van der Waals surface area contributed by atoms with Gasteiger partial charge in [-0.2, -0.15) is 0 Å². The number of nitrogens with one attached hydrogen (secondary N) is 1. The lowest BCUT2D eigenvalue weighted by molar-refractivity contribution is -0.385. The highest BCUT2D eigenvalue weighted by molar-refractivity contribution is 6.30. The average molecular weight is 257 g/mol. The summed E-state index contributed by atoms with van der Waals surface area (Å²) in [4.78, 5) is 10.5. The smallest absolute Gasteiger partial charge is 0.272 e. The molecule has 0 saturated heterocycles. The van der Waals surface area contributed by atoms with E-state index in [1.807, 2.05) is 7.05 Å². The molecule has 1 aromatic rings. The maximum atomic E-state index is 10.9. The van der Waals surface area contributed by atoms with E-state index in [1.165, 1.54) is 6.07 Å². The van der Waals surface area contributed by atoms with Crippen molar-refractivity contribution in [1.82, 2.24) is 5.32 Å². The topological polar surface area (TPSA) is 55.2 Å². The summed E-state index contributed by atoms with van der Waals surface area (Å²) in [5.41, 5.74) is 0.835. The Kier molecular flexibility index (Phi) is 4.90. The van der Waals surface area contributed by atoms with Crippen LogP contribution in [0.5, 0.6) is 0 Å². The van der Waals surface area contributed by atoms with E-state index >= 15 is 0 Å². The summed E-state index contributed by atoms with van der Waals surface area (Å²) >= 11 is 5.88. The zero-order valence-electron chi connectivity index (χ0n) is 10.2. The molecule has 4 nitrogen and oxygen atoms in total. The van der Waals surface area contributed by atoms with E-state index in [9.17, 15) is 10.1 Å².